The van der Waals surface area contributed by atoms with Gasteiger partial charge in [-0.25, -0.2) is 4.79 Å². The fourth-order valence-corrected chi connectivity index (χ4v) is 4.14. The Kier molecular flexibility index (Phi) is 4.16. The number of aryl methyl sites for hydroxylation is 1. The number of fused-ring (bicyclic) bond motifs is 2. The Hall–Kier alpha value is -3.13. The molecule has 1 fully saturated rings. The minimum absolute atomic E-state index is 0.0638. The first kappa shape index (κ1) is 17.9. The second-order valence-corrected chi connectivity index (χ2v) is 7.60. The van der Waals surface area contributed by atoms with E-state index in [2.05, 4.69) is 9.98 Å². The molecule has 0 radical (unpaired) electrons. The van der Waals surface area contributed by atoms with Crippen molar-refractivity contribution in [2.45, 2.75) is 25.0 Å². The summed E-state index contributed by atoms with van der Waals surface area (Å²) in [4.78, 5) is 33.6. The zero-order chi connectivity index (χ0) is 20.1. The number of likely N-dealkylation sites (N-methyl/N-ethyl adjacent to an activating group) is 1. The molecule has 0 bridgehead atoms. The maximum absolute atomic E-state index is 12.5. The molecule has 1 aromatic carbocycles. The highest BCUT2D eigenvalue weighted by atomic mass is 16.5. The van der Waals surface area contributed by atoms with Crippen molar-refractivity contribution >= 4 is 28.7 Å². The van der Waals surface area contributed by atoms with Gasteiger partial charge >= 0.3 is 5.69 Å². The summed E-state index contributed by atoms with van der Waals surface area (Å²) in [6.45, 7) is 1.25. The van der Waals surface area contributed by atoms with Crippen molar-refractivity contribution < 1.29 is 14.3 Å². The Bertz CT molecular complexity index is 1150. The van der Waals surface area contributed by atoms with E-state index in [-0.39, 0.29) is 17.7 Å². The Morgan fingerprint density at radius 1 is 1.28 bits per heavy atom. The lowest BCUT2D eigenvalue weighted by atomic mass is 9.90. The molecule has 1 amide bonds. The maximum Gasteiger partial charge on any atom is 0.326 e. The third-order valence-electron chi connectivity index (χ3n) is 5.73. The smallest absolute Gasteiger partial charge is 0.326 e. The minimum atomic E-state index is -0.531. The summed E-state index contributed by atoms with van der Waals surface area (Å²) < 4.78 is 13.6. The van der Waals surface area contributed by atoms with Crippen molar-refractivity contribution in [1.82, 2.24) is 14.5 Å². The van der Waals surface area contributed by atoms with Gasteiger partial charge in [-0.1, -0.05) is 0 Å². The Labute approximate surface area is 167 Å². The van der Waals surface area contributed by atoms with Crippen LogP contribution in [0.15, 0.2) is 39.8 Å². The van der Waals surface area contributed by atoms with Gasteiger partial charge in [-0.2, -0.15) is 0 Å². The average molecular weight is 394 g/mol. The highest BCUT2D eigenvalue weighted by Gasteiger charge is 2.35. The SMILES string of the molecule is CN1C=C(c2ccc3c([nH]c(=O)n3C)c2OC2CCCOC2)C2=CC=NC2C1=O. The maximum atomic E-state index is 12.5. The summed E-state index contributed by atoms with van der Waals surface area (Å²) in [6, 6.07) is 3.31. The summed E-state index contributed by atoms with van der Waals surface area (Å²) in [7, 11) is 3.45. The van der Waals surface area contributed by atoms with Crippen LogP contribution in [0.3, 0.4) is 0 Å². The molecule has 8 nitrogen and oxygen atoms in total. The van der Waals surface area contributed by atoms with E-state index in [1.165, 1.54) is 0 Å². The van der Waals surface area contributed by atoms with Gasteiger partial charge in [0, 0.05) is 44.3 Å². The molecule has 1 saturated heterocycles. The third-order valence-corrected chi connectivity index (χ3v) is 5.73. The zero-order valence-electron chi connectivity index (χ0n) is 16.3. The number of aromatic nitrogens is 2. The molecule has 2 unspecified atom stereocenters. The van der Waals surface area contributed by atoms with Crippen LogP contribution in [0.2, 0.25) is 0 Å². The van der Waals surface area contributed by atoms with E-state index >= 15 is 0 Å². The van der Waals surface area contributed by atoms with Crippen LogP contribution in [0, 0.1) is 0 Å². The van der Waals surface area contributed by atoms with E-state index in [0.717, 1.165) is 41.7 Å². The van der Waals surface area contributed by atoms with Crippen LogP contribution in [0.1, 0.15) is 18.4 Å². The predicted octanol–water partition coefficient (Wildman–Crippen LogP) is 1.62. The lowest BCUT2D eigenvalue weighted by Crippen LogP contribution is -2.36. The molecule has 0 spiro atoms. The van der Waals surface area contributed by atoms with Gasteiger partial charge in [-0.05, 0) is 36.6 Å². The summed E-state index contributed by atoms with van der Waals surface area (Å²) in [5.74, 6) is 0.544. The largest absolute Gasteiger partial charge is 0.485 e. The number of allylic oxidation sites excluding steroid dienone is 1. The van der Waals surface area contributed by atoms with Crippen LogP contribution in [-0.4, -0.2) is 59.0 Å². The molecule has 2 atom stereocenters. The van der Waals surface area contributed by atoms with Crippen LogP contribution in [0.4, 0.5) is 0 Å². The molecular formula is C21H22N4O4. The summed E-state index contributed by atoms with van der Waals surface area (Å²) in [6.07, 6.45) is 7.08. The minimum Gasteiger partial charge on any atom is -0.485 e. The van der Waals surface area contributed by atoms with Gasteiger partial charge in [-0.15, -0.1) is 0 Å². The summed E-state index contributed by atoms with van der Waals surface area (Å²) in [5, 5.41) is 0. The van der Waals surface area contributed by atoms with Crippen LogP contribution in [0.5, 0.6) is 5.75 Å². The highest BCUT2D eigenvalue weighted by Crippen LogP contribution is 2.41. The number of hydrogen-bond acceptors (Lipinski definition) is 5. The number of aliphatic imine (C=N–C) groups is 1. The first-order valence-corrected chi connectivity index (χ1v) is 9.73. The van der Waals surface area contributed by atoms with Crippen LogP contribution in [0.25, 0.3) is 16.6 Å². The van der Waals surface area contributed by atoms with E-state index in [9.17, 15) is 9.59 Å². The Morgan fingerprint density at radius 2 is 2.14 bits per heavy atom. The van der Waals surface area contributed by atoms with Crippen LogP contribution in [-0.2, 0) is 16.6 Å². The molecule has 2 aromatic rings. The second-order valence-electron chi connectivity index (χ2n) is 7.60. The van der Waals surface area contributed by atoms with Gasteiger partial charge in [0.1, 0.15) is 11.6 Å². The van der Waals surface area contributed by atoms with Gasteiger partial charge in [0.25, 0.3) is 5.91 Å². The van der Waals surface area contributed by atoms with Crippen molar-refractivity contribution in [3.63, 3.8) is 0 Å². The molecule has 8 heteroatoms. The number of rotatable bonds is 3. The molecular weight excluding hydrogens is 372 g/mol. The molecule has 1 aromatic heterocycles. The summed E-state index contributed by atoms with van der Waals surface area (Å²) >= 11 is 0. The molecule has 0 aliphatic carbocycles. The fourth-order valence-electron chi connectivity index (χ4n) is 4.14. The van der Waals surface area contributed by atoms with E-state index in [0.29, 0.717) is 17.9 Å². The predicted molar refractivity (Wildman–Crippen MR) is 109 cm³/mol. The second kappa shape index (κ2) is 6.73. The van der Waals surface area contributed by atoms with E-state index < -0.39 is 6.04 Å². The van der Waals surface area contributed by atoms with E-state index in [4.69, 9.17) is 9.47 Å². The van der Waals surface area contributed by atoms with Crippen LogP contribution < -0.4 is 10.4 Å². The quantitative estimate of drug-likeness (QED) is 0.857. The summed E-state index contributed by atoms with van der Waals surface area (Å²) in [5.41, 5.74) is 3.75. The number of nitrogens with one attached hydrogen (secondary N) is 1. The topological polar surface area (TPSA) is 88.9 Å². The van der Waals surface area contributed by atoms with Crippen molar-refractivity contribution in [3.05, 3.63) is 46.0 Å². The number of benzene rings is 1. The normalized spacial score (nSPS) is 23.9. The number of nitrogens with zero attached hydrogens (tertiary/aromatic N) is 3. The molecule has 4 heterocycles. The Morgan fingerprint density at radius 3 is 2.93 bits per heavy atom. The van der Waals surface area contributed by atoms with E-state index in [1.807, 2.05) is 24.4 Å². The monoisotopic (exact) mass is 394 g/mol. The van der Waals surface area contributed by atoms with Crippen LogP contribution >= 0.6 is 0 Å². The number of hydrogen-bond donors (Lipinski definition) is 1. The first-order chi connectivity index (χ1) is 14.0. The molecule has 29 heavy (non-hydrogen) atoms. The Balaban J connectivity index is 1.69. The number of aromatic amines is 1. The van der Waals surface area contributed by atoms with Crippen molar-refractivity contribution in [2.75, 3.05) is 20.3 Å². The number of carbonyl (C=O) groups is 1. The van der Waals surface area contributed by atoms with Crippen molar-refractivity contribution in [1.29, 1.82) is 0 Å². The van der Waals surface area contributed by atoms with Crippen molar-refractivity contribution in [3.8, 4) is 5.75 Å². The van der Waals surface area contributed by atoms with Gasteiger partial charge in [0.15, 0.2) is 11.8 Å². The molecule has 5 rings (SSSR count). The van der Waals surface area contributed by atoms with Gasteiger partial charge in [0.2, 0.25) is 0 Å². The van der Waals surface area contributed by atoms with Gasteiger partial charge in [0.05, 0.1) is 12.1 Å². The molecule has 1 N–H and O–H groups in total. The number of amides is 1. The zero-order valence-corrected chi connectivity index (χ0v) is 16.3. The lowest BCUT2D eigenvalue weighted by Gasteiger charge is -2.29. The molecule has 150 valence electrons. The van der Waals surface area contributed by atoms with E-state index in [1.54, 1.807) is 29.8 Å². The first-order valence-electron chi connectivity index (χ1n) is 9.73. The molecule has 3 aliphatic rings. The van der Waals surface area contributed by atoms with Gasteiger partial charge < -0.3 is 19.4 Å². The third kappa shape index (κ3) is 2.82. The van der Waals surface area contributed by atoms with Crippen molar-refractivity contribution in [2.24, 2.45) is 12.0 Å². The molecule has 3 aliphatic heterocycles. The van der Waals surface area contributed by atoms with Gasteiger partial charge in [-0.3, -0.25) is 14.4 Å². The number of ether oxygens (including phenoxy) is 2. The number of imidazole rings is 1. The lowest BCUT2D eigenvalue weighted by molar-refractivity contribution is -0.128. The highest BCUT2D eigenvalue weighted by molar-refractivity contribution is 6.05. The standard InChI is InChI=1S/C21H22N4O4/c1-24-10-15(13-7-8-22-17(13)20(24)26)14-5-6-16-18(23-21(27)25(16)2)19(14)29-12-4-3-9-28-11-12/h5-8,10,12,17H,3-4,9,11H2,1-2H3,(H,23,27). The molecule has 0 saturated carbocycles. The number of carbonyl (C=O) groups excluding carboxylic acids is 1. The number of H-pyrrole nitrogens is 1. The fraction of sp³-hybridized carbons (Fsp3) is 0.381. The average Bonchev–Trinajstić information content (AvgIpc) is 3.32.